The van der Waals surface area contributed by atoms with Crippen LogP contribution in [0.25, 0.3) is 0 Å². The van der Waals surface area contributed by atoms with Crippen LogP contribution < -0.4 is 5.32 Å². The van der Waals surface area contributed by atoms with Crippen LogP contribution in [0.15, 0.2) is 24.3 Å². The van der Waals surface area contributed by atoms with Crippen molar-refractivity contribution in [2.75, 3.05) is 39.3 Å². The Morgan fingerprint density at radius 1 is 1.30 bits per heavy atom. The van der Waals surface area contributed by atoms with Gasteiger partial charge in [0.15, 0.2) is 0 Å². The molecule has 2 aliphatic rings. The van der Waals surface area contributed by atoms with Crippen LogP contribution in [0.2, 0.25) is 0 Å². The van der Waals surface area contributed by atoms with Crippen molar-refractivity contribution >= 4 is 5.91 Å². The van der Waals surface area contributed by atoms with Crippen LogP contribution in [0.5, 0.6) is 5.75 Å². The molecule has 2 heterocycles. The number of amides is 1. The third kappa shape index (κ3) is 2.94. The van der Waals surface area contributed by atoms with Gasteiger partial charge in [-0.15, -0.1) is 0 Å². The molecule has 1 aromatic carbocycles. The fraction of sp³-hybridized carbons (Fsp3) is 0.533. The summed E-state index contributed by atoms with van der Waals surface area (Å²) in [4.78, 5) is 16.5. The number of carbonyl (C=O) groups excluding carboxylic acids is 1. The molecule has 0 saturated carbocycles. The summed E-state index contributed by atoms with van der Waals surface area (Å²) < 4.78 is 0. The Morgan fingerprint density at radius 3 is 2.75 bits per heavy atom. The minimum Gasteiger partial charge on any atom is -0.508 e. The number of hydrogen-bond acceptors (Lipinski definition) is 4. The largest absolute Gasteiger partial charge is 0.508 e. The number of likely N-dealkylation sites (tertiary alicyclic amines) is 1. The van der Waals surface area contributed by atoms with E-state index >= 15 is 0 Å². The summed E-state index contributed by atoms with van der Waals surface area (Å²) in [5.41, 5.74) is 0.876. The van der Waals surface area contributed by atoms with E-state index in [0.29, 0.717) is 12.5 Å². The predicted molar refractivity (Wildman–Crippen MR) is 76.6 cm³/mol. The van der Waals surface area contributed by atoms with Gasteiger partial charge in [0.1, 0.15) is 5.75 Å². The minimum absolute atomic E-state index is 0.155. The van der Waals surface area contributed by atoms with Gasteiger partial charge in [0.25, 0.3) is 0 Å². The van der Waals surface area contributed by atoms with Gasteiger partial charge in [-0.05, 0) is 17.7 Å². The first kappa shape index (κ1) is 13.4. The van der Waals surface area contributed by atoms with Gasteiger partial charge in [0, 0.05) is 45.3 Å². The molecule has 2 N–H and O–H groups in total. The number of hydrogen-bond donors (Lipinski definition) is 2. The zero-order valence-corrected chi connectivity index (χ0v) is 11.6. The second-order valence-corrected chi connectivity index (χ2v) is 5.59. The molecule has 0 bridgehead atoms. The van der Waals surface area contributed by atoms with E-state index in [-0.39, 0.29) is 11.7 Å². The van der Waals surface area contributed by atoms with Gasteiger partial charge in [-0.3, -0.25) is 9.69 Å². The summed E-state index contributed by atoms with van der Waals surface area (Å²) in [6.45, 7) is 5.95. The number of phenols is 1. The standard InChI is InChI=1S/C15H21N3O2/c19-14-3-1-2-12(8-14)9-15(20)18-10-13(11-18)17-6-4-16-5-7-17/h1-3,8,13,16,19H,4-7,9-11H2. The Hall–Kier alpha value is -1.59. The lowest BCUT2D eigenvalue weighted by molar-refractivity contribution is -0.138. The molecular formula is C15H21N3O2. The molecule has 2 aliphatic heterocycles. The molecule has 0 aliphatic carbocycles. The van der Waals surface area contributed by atoms with Crippen LogP contribution in [0.1, 0.15) is 5.56 Å². The highest BCUT2D eigenvalue weighted by atomic mass is 16.3. The van der Waals surface area contributed by atoms with Crippen LogP contribution in [-0.2, 0) is 11.2 Å². The molecule has 2 fully saturated rings. The second-order valence-electron chi connectivity index (χ2n) is 5.59. The van der Waals surface area contributed by atoms with Crippen LogP contribution in [0, 0.1) is 0 Å². The molecule has 1 aromatic rings. The molecular weight excluding hydrogens is 254 g/mol. The second kappa shape index (κ2) is 5.81. The lowest BCUT2D eigenvalue weighted by atomic mass is 10.0. The molecule has 0 spiro atoms. The van der Waals surface area contributed by atoms with Gasteiger partial charge in [-0.25, -0.2) is 0 Å². The Kier molecular flexibility index (Phi) is 3.89. The van der Waals surface area contributed by atoms with E-state index in [9.17, 15) is 9.90 Å². The Balaban J connectivity index is 1.48. The highest BCUT2D eigenvalue weighted by molar-refractivity contribution is 5.79. The summed E-state index contributed by atoms with van der Waals surface area (Å²) in [5.74, 6) is 0.375. The predicted octanol–water partition coefficient (Wildman–Crippen LogP) is 0.0507. The summed E-state index contributed by atoms with van der Waals surface area (Å²) >= 11 is 0. The first-order chi connectivity index (χ1) is 9.72. The smallest absolute Gasteiger partial charge is 0.227 e. The summed E-state index contributed by atoms with van der Waals surface area (Å²) in [5, 5.41) is 12.8. The molecule has 1 amide bonds. The van der Waals surface area contributed by atoms with E-state index in [1.807, 2.05) is 11.0 Å². The zero-order chi connectivity index (χ0) is 13.9. The van der Waals surface area contributed by atoms with Crippen molar-refractivity contribution in [1.82, 2.24) is 15.1 Å². The highest BCUT2D eigenvalue weighted by Crippen LogP contribution is 2.18. The third-order valence-electron chi connectivity index (χ3n) is 4.15. The minimum atomic E-state index is 0.155. The average molecular weight is 275 g/mol. The van der Waals surface area contributed by atoms with Gasteiger partial charge in [0.2, 0.25) is 5.91 Å². The number of nitrogens with one attached hydrogen (secondary N) is 1. The molecule has 2 saturated heterocycles. The monoisotopic (exact) mass is 275 g/mol. The average Bonchev–Trinajstić information content (AvgIpc) is 2.38. The number of nitrogens with zero attached hydrogens (tertiary/aromatic N) is 2. The van der Waals surface area contributed by atoms with E-state index in [1.165, 1.54) is 0 Å². The quantitative estimate of drug-likeness (QED) is 0.818. The number of phenolic OH excluding ortho intramolecular Hbond substituents is 1. The van der Waals surface area contributed by atoms with Gasteiger partial charge < -0.3 is 15.3 Å². The Morgan fingerprint density at radius 2 is 2.05 bits per heavy atom. The summed E-state index contributed by atoms with van der Waals surface area (Å²) in [6.07, 6.45) is 0.378. The van der Waals surface area contributed by atoms with Crippen molar-refractivity contribution in [1.29, 1.82) is 0 Å². The van der Waals surface area contributed by atoms with Crippen molar-refractivity contribution in [2.45, 2.75) is 12.5 Å². The van der Waals surface area contributed by atoms with E-state index in [4.69, 9.17) is 0 Å². The van der Waals surface area contributed by atoms with Crippen LogP contribution in [0.3, 0.4) is 0 Å². The number of rotatable bonds is 3. The van der Waals surface area contributed by atoms with Crippen LogP contribution in [0.4, 0.5) is 0 Å². The fourth-order valence-electron chi connectivity index (χ4n) is 2.89. The van der Waals surface area contributed by atoms with Crippen molar-refractivity contribution < 1.29 is 9.90 Å². The van der Waals surface area contributed by atoms with E-state index in [0.717, 1.165) is 44.8 Å². The van der Waals surface area contributed by atoms with Crippen LogP contribution >= 0.6 is 0 Å². The van der Waals surface area contributed by atoms with E-state index in [2.05, 4.69) is 10.2 Å². The first-order valence-electron chi connectivity index (χ1n) is 7.23. The van der Waals surface area contributed by atoms with Crippen molar-refractivity contribution in [3.05, 3.63) is 29.8 Å². The SMILES string of the molecule is O=C(Cc1cccc(O)c1)N1CC(N2CCNCC2)C1. The topological polar surface area (TPSA) is 55.8 Å². The van der Waals surface area contributed by atoms with E-state index < -0.39 is 0 Å². The Bertz CT molecular complexity index is 480. The lowest BCUT2D eigenvalue weighted by Gasteiger charge is -2.46. The van der Waals surface area contributed by atoms with Crippen molar-refractivity contribution in [3.63, 3.8) is 0 Å². The number of piperazine rings is 1. The molecule has 5 nitrogen and oxygen atoms in total. The zero-order valence-electron chi connectivity index (χ0n) is 11.6. The normalized spacial score (nSPS) is 20.7. The third-order valence-corrected chi connectivity index (χ3v) is 4.15. The van der Waals surface area contributed by atoms with Crippen LogP contribution in [-0.4, -0.2) is 66.1 Å². The van der Waals surface area contributed by atoms with Gasteiger partial charge in [-0.1, -0.05) is 12.1 Å². The van der Waals surface area contributed by atoms with Gasteiger partial charge >= 0.3 is 0 Å². The molecule has 5 heteroatoms. The summed E-state index contributed by atoms with van der Waals surface area (Å²) in [7, 11) is 0. The maximum absolute atomic E-state index is 12.1. The molecule has 0 aromatic heterocycles. The molecule has 108 valence electrons. The lowest BCUT2D eigenvalue weighted by Crippen LogP contribution is -2.64. The molecule has 0 atom stereocenters. The number of aromatic hydroxyl groups is 1. The molecule has 0 unspecified atom stereocenters. The Labute approximate surface area is 119 Å². The molecule has 3 rings (SSSR count). The maximum Gasteiger partial charge on any atom is 0.227 e. The molecule has 0 radical (unpaired) electrons. The van der Waals surface area contributed by atoms with E-state index in [1.54, 1.807) is 18.2 Å². The number of carbonyl (C=O) groups is 1. The summed E-state index contributed by atoms with van der Waals surface area (Å²) in [6, 6.07) is 7.47. The molecule has 20 heavy (non-hydrogen) atoms. The van der Waals surface area contributed by atoms with Gasteiger partial charge in [0.05, 0.1) is 6.42 Å². The van der Waals surface area contributed by atoms with Crippen molar-refractivity contribution in [3.8, 4) is 5.75 Å². The first-order valence-corrected chi connectivity index (χ1v) is 7.23. The highest BCUT2D eigenvalue weighted by Gasteiger charge is 2.34. The maximum atomic E-state index is 12.1. The fourth-order valence-corrected chi connectivity index (χ4v) is 2.89. The van der Waals surface area contributed by atoms with Crippen molar-refractivity contribution in [2.24, 2.45) is 0 Å². The van der Waals surface area contributed by atoms with Gasteiger partial charge in [-0.2, -0.15) is 0 Å². The number of benzene rings is 1.